The summed E-state index contributed by atoms with van der Waals surface area (Å²) in [5.41, 5.74) is 3.37. The second kappa shape index (κ2) is 5.89. The number of anilines is 1. The Bertz CT molecular complexity index is 548. The van der Waals surface area contributed by atoms with Gasteiger partial charge in [-0.15, -0.1) is 0 Å². The number of benzene rings is 1. The van der Waals surface area contributed by atoms with Crippen LogP contribution in [0.25, 0.3) is 5.69 Å². The maximum atomic E-state index is 5.15. The molecule has 4 heteroatoms. The monoisotopic (exact) mass is 259 g/mol. The number of nitrogens with one attached hydrogen (secondary N) is 1. The van der Waals surface area contributed by atoms with Crippen LogP contribution >= 0.6 is 0 Å². The Morgan fingerprint density at radius 1 is 1.32 bits per heavy atom. The van der Waals surface area contributed by atoms with E-state index in [2.05, 4.69) is 40.8 Å². The molecular formula is C15H21N3O. The minimum atomic E-state index is 0.217. The zero-order valence-corrected chi connectivity index (χ0v) is 12.0. The number of rotatable bonds is 5. The van der Waals surface area contributed by atoms with E-state index in [0.717, 1.165) is 17.3 Å². The van der Waals surface area contributed by atoms with Crippen LogP contribution in [0.1, 0.15) is 18.2 Å². The van der Waals surface area contributed by atoms with Gasteiger partial charge in [0.25, 0.3) is 0 Å². The Labute approximate surface area is 114 Å². The Balaban J connectivity index is 2.33. The van der Waals surface area contributed by atoms with E-state index in [-0.39, 0.29) is 6.04 Å². The van der Waals surface area contributed by atoms with Gasteiger partial charge in [0.05, 0.1) is 18.0 Å². The minimum Gasteiger partial charge on any atom is -0.383 e. The molecule has 0 radical (unpaired) electrons. The molecule has 2 aromatic rings. The van der Waals surface area contributed by atoms with Crippen molar-refractivity contribution < 1.29 is 4.74 Å². The number of hydrogen-bond acceptors (Lipinski definition) is 3. The molecule has 0 aliphatic heterocycles. The zero-order chi connectivity index (χ0) is 13.8. The first-order valence-electron chi connectivity index (χ1n) is 6.49. The van der Waals surface area contributed by atoms with Crippen LogP contribution in [0.3, 0.4) is 0 Å². The van der Waals surface area contributed by atoms with Crippen molar-refractivity contribution in [2.75, 3.05) is 19.0 Å². The molecule has 2 rings (SSSR count). The van der Waals surface area contributed by atoms with Crippen LogP contribution in [-0.4, -0.2) is 29.3 Å². The van der Waals surface area contributed by atoms with Gasteiger partial charge in [-0.25, -0.2) is 4.98 Å². The normalized spacial score (nSPS) is 12.4. The number of methoxy groups -OCH3 is 1. The summed E-state index contributed by atoms with van der Waals surface area (Å²) >= 11 is 0. The third kappa shape index (κ3) is 3.15. The van der Waals surface area contributed by atoms with E-state index >= 15 is 0 Å². The van der Waals surface area contributed by atoms with E-state index in [1.54, 1.807) is 7.11 Å². The molecule has 0 fully saturated rings. The molecule has 0 saturated heterocycles. The Kier molecular flexibility index (Phi) is 4.22. The minimum absolute atomic E-state index is 0.217. The molecule has 0 aliphatic carbocycles. The molecule has 1 aromatic heterocycles. The van der Waals surface area contributed by atoms with Gasteiger partial charge in [-0.1, -0.05) is 18.2 Å². The van der Waals surface area contributed by atoms with Crippen molar-refractivity contribution in [2.45, 2.75) is 26.8 Å². The van der Waals surface area contributed by atoms with Gasteiger partial charge in [0.2, 0.25) is 5.95 Å². The summed E-state index contributed by atoms with van der Waals surface area (Å²) in [6.07, 6.45) is 2.05. The second-order valence-electron chi connectivity index (χ2n) is 4.86. The molecule has 1 unspecified atom stereocenters. The first-order chi connectivity index (χ1) is 9.11. The summed E-state index contributed by atoms with van der Waals surface area (Å²) in [5.74, 6) is 0.858. The van der Waals surface area contributed by atoms with Gasteiger partial charge in [0, 0.05) is 19.3 Å². The van der Waals surface area contributed by atoms with Crippen molar-refractivity contribution in [2.24, 2.45) is 0 Å². The number of aromatic nitrogens is 2. The average Bonchev–Trinajstić information content (AvgIpc) is 2.71. The van der Waals surface area contributed by atoms with E-state index in [4.69, 9.17) is 4.74 Å². The maximum absolute atomic E-state index is 5.15. The fourth-order valence-electron chi connectivity index (χ4n) is 2.13. The fraction of sp³-hybridized carbons (Fsp3) is 0.400. The standard InChI is InChI=1S/C15H21N3O/c1-11-7-5-6-8-14(11)18-9-12(2)16-15(18)17-13(3)10-19-4/h5-9,13H,10H2,1-4H3,(H,16,17). The van der Waals surface area contributed by atoms with Crippen molar-refractivity contribution in [3.8, 4) is 5.69 Å². The number of nitrogens with zero attached hydrogens (tertiary/aromatic N) is 2. The summed E-state index contributed by atoms with van der Waals surface area (Å²) in [6, 6.07) is 8.51. The largest absolute Gasteiger partial charge is 0.383 e. The van der Waals surface area contributed by atoms with Crippen LogP contribution in [0.15, 0.2) is 30.5 Å². The van der Waals surface area contributed by atoms with Gasteiger partial charge in [0.1, 0.15) is 0 Å². The van der Waals surface area contributed by atoms with Crippen LogP contribution in [0, 0.1) is 13.8 Å². The number of para-hydroxylation sites is 1. The third-order valence-electron chi connectivity index (χ3n) is 2.99. The molecule has 4 nitrogen and oxygen atoms in total. The highest BCUT2D eigenvalue weighted by Crippen LogP contribution is 2.20. The molecule has 0 amide bonds. The lowest BCUT2D eigenvalue weighted by molar-refractivity contribution is 0.190. The molecule has 19 heavy (non-hydrogen) atoms. The van der Waals surface area contributed by atoms with Crippen LogP contribution in [-0.2, 0) is 4.74 Å². The number of aryl methyl sites for hydroxylation is 2. The smallest absolute Gasteiger partial charge is 0.208 e. The lowest BCUT2D eigenvalue weighted by Crippen LogP contribution is -2.23. The molecule has 0 spiro atoms. The number of hydrogen-bond donors (Lipinski definition) is 1. The third-order valence-corrected chi connectivity index (χ3v) is 2.99. The lowest BCUT2D eigenvalue weighted by Gasteiger charge is -2.16. The zero-order valence-electron chi connectivity index (χ0n) is 12.0. The van der Waals surface area contributed by atoms with E-state index in [0.29, 0.717) is 6.61 Å². The summed E-state index contributed by atoms with van der Waals surface area (Å²) in [7, 11) is 1.71. The average molecular weight is 259 g/mol. The summed E-state index contributed by atoms with van der Waals surface area (Å²) in [6.45, 7) is 6.84. The van der Waals surface area contributed by atoms with E-state index < -0.39 is 0 Å². The Hall–Kier alpha value is -1.81. The molecule has 102 valence electrons. The summed E-state index contributed by atoms with van der Waals surface area (Å²) in [5, 5.41) is 3.38. The lowest BCUT2D eigenvalue weighted by atomic mass is 10.2. The molecule has 0 bridgehead atoms. The topological polar surface area (TPSA) is 39.1 Å². The van der Waals surface area contributed by atoms with Crippen LogP contribution in [0.2, 0.25) is 0 Å². The van der Waals surface area contributed by atoms with Crippen molar-refractivity contribution in [3.63, 3.8) is 0 Å². The van der Waals surface area contributed by atoms with E-state index in [1.807, 2.05) is 25.3 Å². The Morgan fingerprint density at radius 2 is 2.05 bits per heavy atom. The molecule has 1 atom stereocenters. The van der Waals surface area contributed by atoms with Gasteiger partial charge in [-0.3, -0.25) is 4.57 Å². The van der Waals surface area contributed by atoms with Crippen LogP contribution in [0.4, 0.5) is 5.95 Å². The summed E-state index contributed by atoms with van der Waals surface area (Å²) < 4.78 is 7.25. The fourth-order valence-corrected chi connectivity index (χ4v) is 2.13. The number of imidazole rings is 1. The van der Waals surface area contributed by atoms with Gasteiger partial charge >= 0.3 is 0 Å². The first-order valence-corrected chi connectivity index (χ1v) is 6.49. The predicted molar refractivity (Wildman–Crippen MR) is 78.0 cm³/mol. The van der Waals surface area contributed by atoms with Gasteiger partial charge in [-0.2, -0.15) is 0 Å². The quantitative estimate of drug-likeness (QED) is 0.897. The van der Waals surface area contributed by atoms with Crippen molar-refractivity contribution >= 4 is 5.95 Å². The second-order valence-corrected chi connectivity index (χ2v) is 4.86. The van der Waals surface area contributed by atoms with Gasteiger partial charge in [0.15, 0.2) is 0 Å². The van der Waals surface area contributed by atoms with Gasteiger partial charge in [-0.05, 0) is 32.4 Å². The molecule has 1 N–H and O–H groups in total. The SMILES string of the molecule is COCC(C)Nc1nc(C)cn1-c1ccccc1C. The first kappa shape index (κ1) is 13.6. The van der Waals surface area contributed by atoms with E-state index in [1.165, 1.54) is 5.56 Å². The predicted octanol–water partition coefficient (Wildman–Crippen LogP) is 2.94. The maximum Gasteiger partial charge on any atom is 0.208 e. The highest BCUT2D eigenvalue weighted by atomic mass is 16.5. The molecule has 0 saturated carbocycles. The molecule has 1 heterocycles. The highest BCUT2D eigenvalue weighted by molar-refractivity contribution is 5.47. The van der Waals surface area contributed by atoms with Crippen LogP contribution in [0.5, 0.6) is 0 Å². The van der Waals surface area contributed by atoms with Crippen molar-refractivity contribution in [1.29, 1.82) is 0 Å². The summed E-state index contributed by atoms with van der Waals surface area (Å²) in [4.78, 5) is 4.55. The Morgan fingerprint density at radius 3 is 2.74 bits per heavy atom. The molecule has 1 aromatic carbocycles. The van der Waals surface area contributed by atoms with Gasteiger partial charge < -0.3 is 10.1 Å². The van der Waals surface area contributed by atoms with Crippen molar-refractivity contribution in [3.05, 3.63) is 41.7 Å². The van der Waals surface area contributed by atoms with Crippen LogP contribution < -0.4 is 5.32 Å². The molecular weight excluding hydrogens is 238 g/mol. The molecule has 0 aliphatic rings. The highest BCUT2D eigenvalue weighted by Gasteiger charge is 2.11. The van der Waals surface area contributed by atoms with E-state index in [9.17, 15) is 0 Å². The van der Waals surface area contributed by atoms with Crippen molar-refractivity contribution in [1.82, 2.24) is 9.55 Å². The number of ether oxygens (including phenoxy) is 1.